The Morgan fingerprint density at radius 3 is 2.45 bits per heavy atom. The van der Waals surface area contributed by atoms with Gasteiger partial charge >= 0.3 is 11.9 Å². The number of halogens is 1. The van der Waals surface area contributed by atoms with E-state index in [1.807, 2.05) is 31.2 Å². The van der Waals surface area contributed by atoms with Gasteiger partial charge in [-0.1, -0.05) is 41.2 Å². The van der Waals surface area contributed by atoms with Crippen molar-refractivity contribution in [3.8, 4) is 11.5 Å². The van der Waals surface area contributed by atoms with E-state index in [1.165, 1.54) is 18.4 Å². The number of fused-ring (bicyclic) bond motifs is 1. The van der Waals surface area contributed by atoms with Gasteiger partial charge in [-0.25, -0.2) is 14.6 Å². The molecule has 2 aromatic carbocycles. The highest BCUT2D eigenvalue weighted by molar-refractivity contribution is 9.10. The molecule has 2 heterocycles. The van der Waals surface area contributed by atoms with Gasteiger partial charge in [0.1, 0.15) is 0 Å². The van der Waals surface area contributed by atoms with Crippen LogP contribution in [0.4, 0.5) is 0 Å². The van der Waals surface area contributed by atoms with E-state index in [-0.39, 0.29) is 25.4 Å². The second-order valence-corrected chi connectivity index (χ2v) is 10.7. The van der Waals surface area contributed by atoms with Gasteiger partial charge in [0, 0.05) is 0 Å². The molecule has 1 aromatic heterocycles. The van der Waals surface area contributed by atoms with Crippen LogP contribution in [0.15, 0.2) is 61.9 Å². The summed E-state index contributed by atoms with van der Waals surface area (Å²) in [6.07, 6.45) is 1.72. The lowest BCUT2D eigenvalue weighted by atomic mass is 9.95. The topological polar surface area (TPSA) is 105 Å². The molecule has 4 rings (SSSR count). The first-order chi connectivity index (χ1) is 19.2. The number of carbonyl (C=O) groups excluding carboxylic acids is 2. The van der Waals surface area contributed by atoms with Gasteiger partial charge in [0.15, 0.2) is 22.9 Å². The molecule has 1 aliphatic heterocycles. The molecule has 0 N–H and O–H groups in total. The molecule has 0 bridgehead atoms. The molecular weight excluding hydrogens is 600 g/mol. The summed E-state index contributed by atoms with van der Waals surface area (Å²) in [5, 5.41) is 0. The maximum absolute atomic E-state index is 13.8. The Morgan fingerprint density at radius 2 is 1.80 bits per heavy atom. The quantitative estimate of drug-likeness (QED) is 0.332. The Labute approximate surface area is 243 Å². The van der Waals surface area contributed by atoms with Crippen molar-refractivity contribution in [3.05, 3.63) is 88.5 Å². The van der Waals surface area contributed by atoms with Crippen LogP contribution in [0, 0.1) is 6.92 Å². The minimum atomic E-state index is -0.682. The van der Waals surface area contributed by atoms with E-state index in [4.69, 9.17) is 18.9 Å². The molecule has 0 saturated heterocycles. The molecule has 1 atom stereocenters. The van der Waals surface area contributed by atoms with Gasteiger partial charge in [0.2, 0.25) is 0 Å². The van der Waals surface area contributed by atoms with Gasteiger partial charge < -0.3 is 18.9 Å². The minimum Gasteiger partial charge on any atom is -0.493 e. The molecule has 0 spiro atoms. The number of thiazole rings is 1. The van der Waals surface area contributed by atoms with Crippen molar-refractivity contribution in [1.29, 1.82) is 0 Å². The van der Waals surface area contributed by atoms with E-state index in [1.54, 1.807) is 43.5 Å². The lowest BCUT2D eigenvalue weighted by Crippen LogP contribution is -2.39. The molecule has 40 heavy (non-hydrogen) atoms. The third-order valence-electron chi connectivity index (χ3n) is 6.10. The molecule has 11 heteroatoms. The summed E-state index contributed by atoms with van der Waals surface area (Å²) in [4.78, 5) is 43.7. The summed E-state index contributed by atoms with van der Waals surface area (Å²) in [7, 11) is 1.48. The molecule has 0 unspecified atom stereocenters. The van der Waals surface area contributed by atoms with E-state index < -0.39 is 18.0 Å². The maximum atomic E-state index is 13.8. The van der Waals surface area contributed by atoms with Crippen LogP contribution in [0.25, 0.3) is 6.08 Å². The molecule has 3 aromatic rings. The number of hydrogen-bond acceptors (Lipinski definition) is 9. The number of rotatable bonds is 9. The van der Waals surface area contributed by atoms with Crippen molar-refractivity contribution in [2.75, 3.05) is 26.9 Å². The number of aryl methyl sites for hydroxylation is 1. The van der Waals surface area contributed by atoms with E-state index in [0.29, 0.717) is 42.1 Å². The normalized spacial score (nSPS) is 14.8. The first-order valence-electron chi connectivity index (χ1n) is 12.6. The molecule has 1 aliphatic rings. The first kappa shape index (κ1) is 29.3. The maximum Gasteiger partial charge on any atom is 0.344 e. The fraction of sp³-hybridized carbons (Fsp3) is 0.310. The van der Waals surface area contributed by atoms with Crippen LogP contribution in [0.2, 0.25) is 0 Å². The van der Waals surface area contributed by atoms with Crippen molar-refractivity contribution in [2.45, 2.75) is 33.7 Å². The SMILES string of the molecule is CCOC(=O)COc1c(Br)cc(/C=c2/sc3n(c2=O)[C@H](c2ccc(C)cc2)C(C(=O)OCC)=C(C)N=3)cc1OC. The second kappa shape index (κ2) is 12.6. The fourth-order valence-electron chi connectivity index (χ4n) is 4.30. The number of methoxy groups -OCH3 is 1. The molecule has 210 valence electrons. The van der Waals surface area contributed by atoms with Crippen molar-refractivity contribution >= 4 is 45.3 Å². The Kier molecular flexibility index (Phi) is 9.26. The summed E-state index contributed by atoms with van der Waals surface area (Å²) in [6, 6.07) is 10.5. The van der Waals surface area contributed by atoms with Gasteiger partial charge in [0.05, 0.1) is 46.6 Å². The number of ether oxygens (including phenoxy) is 4. The van der Waals surface area contributed by atoms with Crippen LogP contribution in [0.1, 0.15) is 43.5 Å². The lowest BCUT2D eigenvalue weighted by Gasteiger charge is -2.24. The van der Waals surface area contributed by atoms with Crippen molar-refractivity contribution in [3.63, 3.8) is 0 Å². The van der Waals surface area contributed by atoms with Crippen LogP contribution >= 0.6 is 27.3 Å². The highest BCUT2D eigenvalue weighted by Gasteiger charge is 2.33. The Bertz CT molecular complexity index is 1650. The van der Waals surface area contributed by atoms with Crippen molar-refractivity contribution in [1.82, 2.24) is 4.57 Å². The number of aromatic nitrogens is 1. The van der Waals surface area contributed by atoms with E-state index in [9.17, 15) is 14.4 Å². The van der Waals surface area contributed by atoms with Crippen molar-refractivity contribution < 1.29 is 28.5 Å². The molecule has 9 nitrogen and oxygen atoms in total. The average Bonchev–Trinajstić information content (AvgIpc) is 3.21. The van der Waals surface area contributed by atoms with Gasteiger partial charge in [0.25, 0.3) is 5.56 Å². The van der Waals surface area contributed by atoms with Crippen LogP contribution < -0.4 is 24.4 Å². The summed E-state index contributed by atoms with van der Waals surface area (Å²) < 4.78 is 23.9. The number of nitrogens with zero attached hydrogens (tertiary/aromatic N) is 2. The van der Waals surface area contributed by atoms with Gasteiger partial charge in [-0.2, -0.15) is 0 Å². The molecule has 0 saturated carbocycles. The zero-order valence-corrected chi connectivity index (χ0v) is 25.2. The standard InChI is InChI=1S/C29H29BrN2O7S/c1-6-37-23(33)15-39-26-20(30)12-18(13-21(26)36-5)14-22-27(34)32-25(19-10-8-16(3)9-11-19)24(28(35)38-7-2)17(4)31-29(32)40-22/h8-14,25H,6-7,15H2,1-5H3/b22-14+/t25-/m1/s1. The number of hydrogen-bond donors (Lipinski definition) is 0. The number of carbonyl (C=O) groups is 2. The largest absolute Gasteiger partial charge is 0.493 e. The Balaban J connectivity index is 1.82. The number of esters is 2. The minimum absolute atomic E-state index is 0.205. The molecule has 0 fully saturated rings. The average molecular weight is 630 g/mol. The van der Waals surface area contributed by atoms with Gasteiger partial charge in [-0.15, -0.1) is 0 Å². The highest BCUT2D eigenvalue weighted by Crippen LogP contribution is 2.37. The van der Waals surface area contributed by atoms with Crippen molar-refractivity contribution in [2.24, 2.45) is 4.99 Å². The van der Waals surface area contributed by atoms with Crippen LogP contribution in [0.5, 0.6) is 11.5 Å². The van der Waals surface area contributed by atoms with E-state index in [0.717, 1.165) is 11.1 Å². The van der Waals surface area contributed by atoms with Crippen LogP contribution in [-0.4, -0.2) is 43.4 Å². The van der Waals surface area contributed by atoms with Gasteiger partial charge in [-0.05, 0) is 73.0 Å². The summed E-state index contributed by atoms with van der Waals surface area (Å²) in [5.41, 5.74) is 3.04. The van der Waals surface area contributed by atoms with Gasteiger partial charge in [-0.3, -0.25) is 9.36 Å². The van der Waals surface area contributed by atoms with Crippen LogP contribution in [-0.2, 0) is 19.1 Å². The van der Waals surface area contributed by atoms with E-state index in [2.05, 4.69) is 20.9 Å². The molecule has 0 aliphatic carbocycles. The second-order valence-electron chi connectivity index (χ2n) is 8.84. The highest BCUT2D eigenvalue weighted by atomic mass is 79.9. The number of allylic oxidation sites excluding steroid dienone is 1. The summed E-state index contributed by atoms with van der Waals surface area (Å²) in [6.45, 7) is 7.36. The predicted molar refractivity (Wildman–Crippen MR) is 154 cm³/mol. The van der Waals surface area contributed by atoms with E-state index >= 15 is 0 Å². The zero-order valence-electron chi connectivity index (χ0n) is 22.8. The van der Waals surface area contributed by atoms with Crippen LogP contribution in [0.3, 0.4) is 0 Å². The Morgan fingerprint density at radius 1 is 1.10 bits per heavy atom. The summed E-state index contributed by atoms with van der Waals surface area (Å²) >= 11 is 4.70. The fourth-order valence-corrected chi connectivity index (χ4v) is 5.92. The summed E-state index contributed by atoms with van der Waals surface area (Å²) in [5.74, 6) is -0.295. The Hall–Kier alpha value is -3.70. The zero-order chi connectivity index (χ0) is 29.0. The molecule has 0 amide bonds. The lowest BCUT2D eigenvalue weighted by molar-refractivity contribution is -0.145. The first-order valence-corrected chi connectivity index (χ1v) is 14.2. The molecular formula is C29H29BrN2O7S. The monoisotopic (exact) mass is 628 g/mol. The third-order valence-corrected chi connectivity index (χ3v) is 7.67. The molecule has 0 radical (unpaired) electrons. The predicted octanol–water partition coefficient (Wildman–Crippen LogP) is 3.82. The number of benzene rings is 2. The smallest absolute Gasteiger partial charge is 0.344 e. The third kappa shape index (κ3) is 6.05.